The van der Waals surface area contributed by atoms with Crippen LogP contribution in [0.15, 0.2) is 23.1 Å². The van der Waals surface area contributed by atoms with E-state index in [0.29, 0.717) is 19.8 Å². The maximum Gasteiger partial charge on any atom is 0.250 e. The van der Waals surface area contributed by atoms with Crippen molar-refractivity contribution in [3.63, 3.8) is 0 Å². The maximum atomic E-state index is 13.8. The van der Waals surface area contributed by atoms with E-state index in [4.69, 9.17) is 9.47 Å². The third-order valence-electron chi connectivity index (χ3n) is 3.26. The van der Waals surface area contributed by atoms with E-state index in [1.807, 2.05) is 0 Å². The number of halogens is 1. The minimum atomic E-state index is -3.75. The molecule has 1 aliphatic rings. The van der Waals surface area contributed by atoms with Crippen molar-refractivity contribution in [2.75, 3.05) is 44.8 Å². The molecule has 1 fully saturated rings. The summed E-state index contributed by atoms with van der Waals surface area (Å²) in [5.41, 5.74) is -0.191. The minimum Gasteiger partial charge on any atom is -0.379 e. The number of hydrogen-bond donors (Lipinski definition) is 1. The molecular weight excluding hydrogens is 327 g/mol. The molecule has 1 heterocycles. The molecule has 0 bridgehead atoms. The average Bonchev–Trinajstić information content (AvgIpc) is 2.55. The number of sulfonamides is 1. The summed E-state index contributed by atoms with van der Waals surface area (Å²) in [5.74, 6) is -1.26. The number of carbonyl (C=O) groups excluding carboxylic acids is 1. The highest BCUT2D eigenvalue weighted by molar-refractivity contribution is 7.89. The monoisotopic (exact) mass is 346 g/mol. The number of hydrogen-bond acceptors (Lipinski definition) is 5. The summed E-state index contributed by atoms with van der Waals surface area (Å²) >= 11 is 0. The van der Waals surface area contributed by atoms with Gasteiger partial charge in [-0.05, 0) is 25.1 Å². The van der Waals surface area contributed by atoms with Crippen LogP contribution in [0.25, 0.3) is 0 Å². The van der Waals surface area contributed by atoms with Gasteiger partial charge < -0.3 is 14.8 Å². The molecular formula is C14H19FN2O5S. The highest BCUT2D eigenvalue weighted by Crippen LogP contribution is 2.23. The molecule has 2 rings (SSSR count). The molecule has 1 aromatic rings. The van der Waals surface area contributed by atoms with Crippen LogP contribution >= 0.6 is 0 Å². The first-order chi connectivity index (χ1) is 10.9. The van der Waals surface area contributed by atoms with E-state index in [0.717, 1.165) is 12.1 Å². The molecule has 0 saturated carbocycles. The van der Waals surface area contributed by atoms with Gasteiger partial charge in [-0.1, -0.05) is 0 Å². The molecule has 0 aliphatic carbocycles. The summed E-state index contributed by atoms with van der Waals surface area (Å²) in [6.07, 6.45) is 0. The Balaban J connectivity index is 2.20. The van der Waals surface area contributed by atoms with Crippen LogP contribution in [0.5, 0.6) is 0 Å². The van der Waals surface area contributed by atoms with Crippen LogP contribution in [0.3, 0.4) is 0 Å². The fourth-order valence-electron chi connectivity index (χ4n) is 2.08. The van der Waals surface area contributed by atoms with Crippen molar-refractivity contribution in [1.82, 2.24) is 4.31 Å². The SMILES string of the molecule is CCOCC(=O)Nc1cc(S(=O)(=O)N2CCOCC2)ccc1F. The van der Waals surface area contributed by atoms with E-state index >= 15 is 0 Å². The van der Waals surface area contributed by atoms with Crippen molar-refractivity contribution >= 4 is 21.6 Å². The molecule has 0 atom stereocenters. The molecule has 0 spiro atoms. The van der Waals surface area contributed by atoms with Crippen molar-refractivity contribution in [2.24, 2.45) is 0 Å². The Morgan fingerprint density at radius 2 is 2.09 bits per heavy atom. The molecule has 9 heteroatoms. The van der Waals surface area contributed by atoms with E-state index in [1.165, 1.54) is 10.4 Å². The lowest BCUT2D eigenvalue weighted by Gasteiger charge is -2.26. The first-order valence-electron chi connectivity index (χ1n) is 7.20. The number of morpholine rings is 1. The molecule has 1 aromatic carbocycles. The second-order valence-corrected chi connectivity index (χ2v) is 6.78. The maximum absolute atomic E-state index is 13.8. The van der Waals surface area contributed by atoms with E-state index in [9.17, 15) is 17.6 Å². The number of carbonyl (C=O) groups is 1. The third-order valence-corrected chi connectivity index (χ3v) is 5.15. The topological polar surface area (TPSA) is 84.9 Å². The number of benzene rings is 1. The van der Waals surface area contributed by atoms with Crippen molar-refractivity contribution in [3.8, 4) is 0 Å². The Kier molecular flexibility index (Phi) is 6.05. The number of rotatable bonds is 6. The van der Waals surface area contributed by atoms with Crippen molar-refractivity contribution < 1.29 is 27.1 Å². The molecule has 0 radical (unpaired) electrons. The molecule has 7 nitrogen and oxygen atoms in total. The summed E-state index contributed by atoms with van der Waals surface area (Å²) in [4.78, 5) is 11.5. The van der Waals surface area contributed by atoms with E-state index < -0.39 is 21.7 Å². The number of ether oxygens (including phenoxy) is 2. The van der Waals surface area contributed by atoms with Gasteiger partial charge in [-0.3, -0.25) is 4.79 Å². The first-order valence-corrected chi connectivity index (χ1v) is 8.64. The molecule has 23 heavy (non-hydrogen) atoms. The van der Waals surface area contributed by atoms with Gasteiger partial charge in [-0.2, -0.15) is 4.31 Å². The van der Waals surface area contributed by atoms with Gasteiger partial charge in [0.25, 0.3) is 0 Å². The van der Waals surface area contributed by atoms with Gasteiger partial charge in [0.05, 0.1) is 23.8 Å². The Morgan fingerprint density at radius 1 is 1.39 bits per heavy atom. The predicted octanol–water partition coefficient (Wildman–Crippen LogP) is 0.822. The van der Waals surface area contributed by atoms with Crippen molar-refractivity contribution in [3.05, 3.63) is 24.0 Å². The summed E-state index contributed by atoms with van der Waals surface area (Å²) in [7, 11) is -3.75. The minimum absolute atomic E-state index is 0.0764. The fourth-order valence-corrected chi connectivity index (χ4v) is 3.51. The van der Waals surface area contributed by atoms with Crippen molar-refractivity contribution in [2.45, 2.75) is 11.8 Å². The molecule has 0 aromatic heterocycles. The Bertz CT molecular complexity index is 659. The first kappa shape index (κ1) is 17.8. The highest BCUT2D eigenvalue weighted by Gasteiger charge is 2.27. The second kappa shape index (κ2) is 7.82. The van der Waals surface area contributed by atoms with Crippen LogP contribution < -0.4 is 5.32 Å². The fraction of sp³-hybridized carbons (Fsp3) is 0.500. The quantitative estimate of drug-likeness (QED) is 0.824. The normalized spacial score (nSPS) is 16.3. The van der Waals surface area contributed by atoms with Crippen LogP contribution in [0.2, 0.25) is 0 Å². The number of amides is 1. The zero-order chi connectivity index (χ0) is 16.9. The Hall–Kier alpha value is -1.55. The van der Waals surface area contributed by atoms with Crippen LogP contribution in [0.1, 0.15) is 6.92 Å². The zero-order valence-electron chi connectivity index (χ0n) is 12.7. The van der Waals surface area contributed by atoms with E-state index in [-0.39, 0.29) is 30.3 Å². The lowest BCUT2D eigenvalue weighted by molar-refractivity contribution is -0.120. The molecule has 1 amide bonds. The summed E-state index contributed by atoms with van der Waals surface area (Å²) < 4.78 is 50.2. The van der Waals surface area contributed by atoms with Crippen LogP contribution in [-0.4, -0.2) is 58.1 Å². The largest absolute Gasteiger partial charge is 0.379 e. The van der Waals surface area contributed by atoms with E-state index in [1.54, 1.807) is 6.92 Å². The second-order valence-electron chi connectivity index (χ2n) is 4.84. The number of nitrogens with one attached hydrogen (secondary N) is 1. The molecule has 1 saturated heterocycles. The lowest BCUT2D eigenvalue weighted by Crippen LogP contribution is -2.40. The van der Waals surface area contributed by atoms with Gasteiger partial charge >= 0.3 is 0 Å². The van der Waals surface area contributed by atoms with Gasteiger partial charge in [0.2, 0.25) is 15.9 Å². The van der Waals surface area contributed by atoms with Gasteiger partial charge in [0, 0.05) is 19.7 Å². The van der Waals surface area contributed by atoms with Gasteiger partial charge in [0.1, 0.15) is 12.4 Å². The summed E-state index contributed by atoms with van der Waals surface area (Å²) in [6, 6.07) is 3.31. The smallest absolute Gasteiger partial charge is 0.250 e. The van der Waals surface area contributed by atoms with Gasteiger partial charge in [0.15, 0.2) is 0 Å². The van der Waals surface area contributed by atoms with Crippen LogP contribution in [-0.2, 0) is 24.3 Å². The Morgan fingerprint density at radius 3 is 2.74 bits per heavy atom. The molecule has 1 N–H and O–H groups in total. The van der Waals surface area contributed by atoms with Gasteiger partial charge in [-0.15, -0.1) is 0 Å². The average molecular weight is 346 g/mol. The van der Waals surface area contributed by atoms with Crippen LogP contribution in [0.4, 0.5) is 10.1 Å². The molecule has 0 unspecified atom stereocenters. The molecule has 1 aliphatic heterocycles. The van der Waals surface area contributed by atoms with Gasteiger partial charge in [-0.25, -0.2) is 12.8 Å². The highest BCUT2D eigenvalue weighted by atomic mass is 32.2. The number of nitrogens with zero attached hydrogens (tertiary/aromatic N) is 1. The lowest BCUT2D eigenvalue weighted by atomic mass is 10.3. The van der Waals surface area contributed by atoms with E-state index in [2.05, 4.69) is 5.32 Å². The predicted molar refractivity (Wildman–Crippen MR) is 81.1 cm³/mol. The summed E-state index contributed by atoms with van der Waals surface area (Å²) in [6.45, 7) is 2.97. The Labute approximate surface area is 134 Å². The zero-order valence-corrected chi connectivity index (χ0v) is 13.6. The molecule has 128 valence electrons. The standard InChI is InChI=1S/C14H19FN2O5S/c1-2-21-10-14(18)16-13-9-11(3-4-12(13)15)23(19,20)17-5-7-22-8-6-17/h3-4,9H,2,5-8,10H2,1H3,(H,16,18). The van der Waals surface area contributed by atoms with Crippen LogP contribution in [0, 0.1) is 5.82 Å². The number of anilines is 1. The summed E-state index contributed by atoms with van der Waals surface area (Å²) in [5, 5.41) is 2.31. The third kappa shape index (κ3) is 4.47. The van der Waals surface area contributed by atoms with Crippen molar-refractivity contribution in [1.29, 1.82) is 0 Å².